The van der Waals surface area contributed by atoms with Crippen LogP contribution >= 0.6 is 11.3 Å². The van der Waals surface area contributed by atoms with Gasteiger partial charge in [-0.05, 0) is 68.5 Å². The number of fused-ring (bicyclic) bond motifs is 1. The van der Waals surface area contributed by atoms with Crippen LogP contribution < -0.4 is 20.1 Å². The fourth-order valence-electron chi connectivity index (χ4n) is 4.53. The van der Waals surface area contributed by atoms with Crippen LogP contribution in [-0.2, 0) is 42.9 Å². The van der Waals surface area contributed by atoms with Crippen LogP contribution in [0.2, 0.25) is 0 Å². The molecule has 16 heteroatoms. The third-order valence-electron chi connectivity index (χ3n) is 6.71. The van der Waals surface area contributed by atoms with Crippen molar-refractivity contribution in [3.63, 3.8) is 0 Å². The van der Waals surface area contributed by atoms with Crippen LogP contribution in [-0.4, -0.2) is 76.1 Å². The number of hydrogen-bond acceptors (Lipinski definition) is 10. The van der Waals surface area contributed by atoms with Crippen molar-refractivity contribution in [1.82, 2.24) is 4.90 Å². The van der Waals surface area contributed by atoms with Crippen molar-refractivity contribution in [1.29, 1.82) is 0 Å². The van der Waals surface area contributed by atoms with Gasteiger partial charge in [-0.2, -0.15) is 13.2 Å². The van der Waals surface area contributed by atoms with Gasteiger partial charge in [0, 0.05) is 19.0 Å². The quantitative estimate of drug-likeness (QED) is 0.188. The maximum atomic E-state index is 13.2. The molecule has 3 aromatic rings. The van der Waals surface area contributed by atoms with Gasteiger partial charge in [-0.15, -0.1) is 11.3 Å². The number of carbonyl (C=O) groups is 5. The minimum atomic E-state index is -4.66. The Bertz CT molecular complexity index is 1660. The highest BCUT2D eigenvalue weighted by Crippen LogP contribution is 2.39. The zero-order chi connectivity index (χ0) is 36.1. The highest BCUT2D eigenvalue weighted by atomic mass is 32.1. The molecule has 2 aromatic carbocycles. The highest BCUT2D eigenvalue weighted by Gasteiger charge is 2.33. The van der Waals surface area contributed by atoms with E-state index in [4.69, 9.17) is 18.9 Å². The van der Waals surface area contributed by atoms with Gasteiger partial charge in [0.1, 0.15) is 5.00 Å². The Labute approximate surface area is 284 Å². The number of para-hydroxylation sites is 1. The number of alkyl halides is 3. The number of ether oxygens (including phenoxy) is 4. The summed E-state index contributed by atoms with van der Waals surface area (Å²) in [6.45, 7) is 0.600. The van der Waals surface area contributed by atoms with E-state index < -0.39 is 54.4 Å². The largest absolute Gasteiger partial charge is 0.493 e. The topological polar surface area (TPSA) is 150 Å². The standard InChI is InChI=1S/C30H29F3N2O8S.C3H7NO/c1-3-41-29(39)26-18-8-4-7-11-23(18)44-27(26)35-25(37)16-43-28(38)17-12-13-21(22(14-17)40-2)42-15-24(36)34-20-10-6-5-9-19(20)30(31,32)33;1-4(2)3-5/h5-6,9-10,12-14H,3-4,7-8,11,15-16H2,1-2H3,(H,34,36)(H,35,37);3H,1-2H3. The second-order valence-electron chi connectivity index (χ2n) is 10.6. The summed E-state index contributed by atoms with van der Waals surface area (Å²) in [5, 5.41) is 5.18. The zero-order valence-electron chi connectivity index (χ0n) is 27.2. The number of thiophene rings is 1. The van der Waals surface area contributed by atoms with Gasteiger partial charge in [0.25, 0.3) is 11.8 Å². The van der Waals surface area contributed by atoms with Crippen molar-refractivity contribution in [3.8, 4) is 11.5 Å². The molecule has 12 nitrogen and oxygen atoms in total. The molecule has 264 valence electrons. The molecule has 4 rings (SSSR count). The number of rotatable bonds is 12. The van der Waals surface area contributed by atoms with Crippen molar-refractivity contribution in [2.24, 2.45) is 0 Å². The van der Waals surface area contributed by atoms with E-state index in [1.165, 1.54) is 53.7 Å². The minimum absolute atomic E-state index is 0.00403. The second kappa shape index (κ2) is 17.9. The number of esters is 2. The number of nitrogens with one attached hydrogen (secondary N) is 2. The lowest BCUT2D eigenvalue weighted by Crippen LogP contribution is -2.22. The summed E-state index contributed by atoms with van der Waals surface area (Å²) >= 11 is 1.31. The first kappa shape index (κ1) is 38.3. The molecular weight excluding hydrogens is 671 g/mol. The molecule has 1 aromatic heterocycles. The highest BCUT2D eigenvalue weighted by molar-refractivity contribution is 7.17. The molecule has 1 aliphatic carbocycles. The van der Waals surface area contributed by atoms with E-state index >= 15 is 0 Å². The molecule has 0 fully saturated rings. The van der Waals surface area contributed by atoms with Crippen molar-refractivity contribution < 1.29 is 56.1 Å². The van der Waals surface area contributed by atoms with Gasteiger partial charge in [0.15, 0.2) is 24.7 Å². The molecule has 0 spiro atoms. The molecular formula is C33H36F3N3O9S. The predicted molar refractivity (Wildman–Crippen MR) is 174 cm³/mol. The van der Waals surface area contributed by atoms with Crippen LogP contribution in [0.5, 0.6) is 11.5 Å². The summed E-state index contributed by atoms with van der Waals surface area (Å²) in [6.07, 6.45) is -0.484. The number of carbonyl (C=O) groups excluding carboxylic acids is 5. The number of aryl methyl sites for hydroxylation is 1. The number of hydrogen-bond donors (Lipinski definition) is 2. The first-order chi connectivity index (χ1) is 23.3. The fourth-order valence-corrected chi connectivity index (χ4v) is 5.83. The molecule has 0 saturated carbocycles. The summed E-state index contributed by atoms with van der Waals surface area (Å²) in [5.74, 6) is -2.80. The monoisotopic (exact) mass is 707 g/mol. The van der Waals surface area contributed by atoms with E-state index in [0.29, 0.717) is 17.0 Å². The molecule has 1 aliphatic rings. The van der Waals surface area contributed by atoms with Crippen LogP contribution in [0.25, 0.3) is 0 Å². The Morgan fingerprint density at radius 1 is 0.918 bits per heavy atom. The molecule has 2 N–H and O–H groups in total. The van der Waals surface area contributed by atoms with E-state index in [2.05, 4.69) is 10.6 Å². The molecule has 0 radical (unpaired) electrons. The van der Waals surface area contributed by atoms with Gasteiger partial charge < -0.3 is 34.5 Å². The van der Waals surface area contributed by atoms with Crippen LogP contribution in [0.3, 0.4) is 0 Å². The van der Waals surface area contributed by atoms with E-state index in [9.17, 15) is 37.1 Å². The number of halogens is 3. The summed E-state index contributed by atoms with van der Waals surface area (Å²) in [4.78, 5) is 62.1. The van der Waals surface area contributed by atoms with Crippen molar-refractivity contribution >= 4 is 52.2 Å². The van der Waals surface area contributed by atoms with Crippen molar-refractivity contribution in [2.45, 2.75) is 38.8 Å². The average Bonchev–Trinajstić information content (AvgIpc) is 3.44. The van der Waals surface area contributed by atoms with Gasteiger partial charge in [0.2, 0.25) is 6.41 Å². The number of nitrogens with zero attached hydrogens (tertiary/aromatic N) is 1. The lowest BCUT2D eigenvalue weighted by Gasteiger charge is -2.15. The van der Waals surface area contributed by atoms with E-state index in [1.54, 1.807) is 21.0 Å². The van der Waals surface area contributed by atoms with Crippen LogP contribution in [0.1, 0.15) is 56.5 Å². The average molecular weight is 708 g/mol. The number of amides is 3. The number of methoxy groups -OCH3 is 1. The predicted octanol–water partition coefficient (Wildman–Crippen LogP) is 5.35. The van der Waals surface area contributed by atoms with Crippen molar-refractivity contribution in [2.75, 3.05) is 51.7 Å². The minimum Gasteiger partial charge on any atom is -0.493 e. The van der Waals surface area contributed by atoms with Gasteiger partial charge >= 0.3 is 18.1 Å². The third kappa shape index (κ3) is 11.0. The Hall–Kier alpha value is -5.12. The number of benzene rings is 2. The Kier molecular flexibility index (Phi) is 14.0. The molecule has 0 unspecified atom stereocenters. The molecule has 1 heterocycles. The maximum Gasteiger partial charge on any atom is 0.418 e. The van der Waals surface area contributed by atoms with Crippen LogP contribution in [0.4, 0.5) is 23.9 Å². The van der Waals surface area contributed by atoms with Crippen molar-refractivity contribution in [3.05, 3.63) is 69.6 Å². The Morgan fingerprint density at radius 3 is 2.24 bits per heavy atom. The van der Waals surface area contributed by atoms with Gasteiger partial charge in [-0.1, -0.05) is 12.1 Å². The first-order valence-corrected chi connectivity index (χ1v) is 15.8. The molecule has 0 aliphatic heterocycles. The van der Waals surface area contributed by atoms with Gasteiger partial charge in [0.05, 0.1) is 36.1 Å². The van der Waals surface area contributed by atoms with Crippen LogP contribution in [0.15, 0.2) is 42.5 Å². The SMILES string of the molecule is CCOC(=O)c1c(NC(=O)COC(=O)c2ccc(OCC(=O)Nc3ccccc3C(F)(F)F)c(OC)c2)sc2c1CCCC2.CN(C)C=O. The lowest BCUT2D eigenvalue weighted by molar-refractivity contribution is -0.137. The van der Waals surface area contributed by atoms with E-state index in [0.717, 1.165) is 48.2 Å². The fraction of sp³-hybridized carbons (Fsp3) is 0.364. The maximum absolute atomic E-state index is 13.2. The summed E-state index contributed by atoms with van der Waals surface area (Å²) in [7, 11) is 4.66. The van der Waals surface area contributed by atoms with Gasteiger partial charge in [-0.3, -0.25) is 14.4 Å². The first-order valence-electron chi connectivity index (χ1n) is 15.0. The molecule has 0 bridgehead atoms. The smallest absolute Gasteiger partial charge is 0.418 e. The Morgan fingerprint density at radius 2 is 1.59 bits per heavy atom. The van der Waals surface area contributed by atoms with E-state index in [1.807, 2.05) is 0 Å². The van der Waals surface area contributed by atoms with E-state index in [-0.39, 0.29) is 23.7 Å². The second-order valence-corrected chi connectivity index (χ2v) is 11.7. The third-order valence-corrected chi connectivity index (χ3v) is 7.92. The molecule has 0 atom stereocenters. The normalized spacial score (nSPS) is 11.9. The Balaban J connectivity index is 0.00000121. The molecule has 3 amide bonds. The summed E-state index contributed by atoms with van der Waals surface area (Å²) in [5.41, 5.74) is -0.200. The summed E-state index contributed by atoms with van der Waals surface area (Å²) < 4.78 is 60.5. The lowest BCUT2D eigenvalue weighted by atomic mass is 9.95. The molecule has 0 saturated heterocycles. The van der Waals surface area contributed by atoms with Gasteiger partial charge in [-0.25, -0.2) is 9.59 Å². The number of anilines is 2. The summed E-state index contributed by atoms with van der Waals surface area (Å²) in [6, 6.07) is 8.40. The molecule has 49 heavy (non-hydrogen) atoms. The zero-order valence-corrected chi connectivity index (χ0v) is 28.0. The van der Waals surface area contributed by atoms with Crippen LogP contribution in [0, 0.1) is 0 Å².